The maximum atomic E-state index is 13.2. The predicted octanol–water partition coefficient (Wildman–Crippen LogP) is 5.79. The fourth-order valence-electron chi connectivity index (χ4n) is 4.28. The molecule has 0 aliphatic rings. The number of nitrogens with zero attached hydrogens (tertiary/aromatic N) is 3. The Morgan fingerprint density at radius 3 is 2.35 bits per heavy atom. The minimum atomic E-state index is -0.269. The molecule has 0 atom stereocenters. The fourth-order valence-corrected chi connectivity index (χ4v) is 5.19. The number of carbonyl (C=O) groups excluding carboxylic acids is 3. The maximum Gasteiger partial charge on any atom is 0.268 e. The van der Waals surface area contributed by atoms with Gasteiger partial charge in [0.15, 0.2) is 5.78 Å². The van der Waals surface area contributed by atoms with Crippen molar-refractivity contribution in [3.63, 3.8) is 0 Å². The van der Waals surface area contributed by atoms with Crippen LogP contribution in [-0.4, -0.2) is 52.7 Å². The minimum Gasteiger partial charge on any atom is -0.378 e. The number of hydrogen-bond donors (Lipinski definition) is 2. The predicted molar refractivity (Wildman–Crippen MR) is 160 cm³/mol. The van der Waals surface area contributed by atoms with Crippen molar-refractivity contribution in [2.45, 2.75) is 13.0 Å². The number of ketones is 1. The molecule has 202 valence electrons. The molecule has 0 fully saturated rings. The van der Waals surface area contributed by atoms with Crippen LogP contribution in [0.25, 0.3) is 21.5 Å². The van der Waals surface area contributed by atoms with E-state index in [0.29, 0.717) is 28.5 Å². The summed E-state index contributed by atoms with van der Waals surface area (Å²) in [6.07, 6.45) is 0.254. The number of amides is 2. The third-order valence-corrected chi connectivity index (χ3v) is 7.59. The van der Waals surface area contributed by atoms with Crippen LogP contribution in [0.4, 0.5) is 11.6 Å². The molecule has 3 aromatic carbocycles. The molecular weight excluding hydrogens is 522 g/mol. The second kappa shape index (κ2) is 12.0. The molecule has 9 heteroatoms. The Morgan fingerprint density at radius 2 is 1.62 bits per heavy atom. The van der Waals surface area contributed by atoms with Crippen molar-refractivity contribution >= 4 is 51.6 Å². The van der Waals surface area contributed by atoms with Gasteiger partial charge in [-0.15, -0.1) is 11.3 Å². The number of thiophene rings is 1. The molecule has 2 aromatic heterocycles. The van der Waals surface area contributed by atoms with Crippen LogP contribution >= 0.6 is 11.3 Å². The van der Waals surface area contributed by atoms with Crippen molar-refractivity contribution in [1.82, 2.24) is 14.5 Å². The van der Waals surface area contributed by atoms with Crippen molar-refractivity contribution in [2.75, 3.05) is 31.3 Å². The number of aryl methyl sites for hydroxylation is 1. The third-order valence-electron chi connectivity index (χ3n) is 6.46. The van der Waals surface area contributed by atoms with E-state index in [1.807, 2.05) is 77.4 Å². The van der Waals surface area contributed by atoms with Gasteiger partial charge in [0.05, 0.1) is 22.5 Å². The average Bonchev–Trinajstić information content (AvgIpc) is 3.60. The van der Waals surface area contributed by atoms with Gasteiger partial charge in [-0.05, 0) is 35.9 Å². The Morgan fingerprint density at radius 1 is 0.900 bits per heavy atom. The van der Waals surface area contributed by atoms with E-state index in [2.05, 4.69) is 10.6 Å². The molecule has 8 nitrogen and oxygen atoms in total. The van der Waals surface area contributed by atoms with Gasteiger partial charge in [-0.25, -0.2) is 4.98 Å². The van der Waals surface area contributed by atoms with E-state index >= 15 is 0 Å². The summed E-state index contributed by atoms with van der Waals surface area (Å²) in [7, 11) is 3.43. The normalized spacial score (nSPS) is 10.8. The number of carbonyl (C=O) groups is 3. The quantitative estimate of drug-likeness (QED) is 0.214. The zero-order valence-corrected chi connectivity index (χ0v) is 23.1. The van der Waals surface area contributed by atoms with E-state index in [1.54, 1.807) is 37.2 Å². The molecule has 2 N–H and O–H groups in total. The molecule has 0 spiro atoms. The zero-order chi connectivity index (χ0) is 28.1. The van der Waals surface area contributed by atoms with Gasteiger partial charge < -0.3 is 14.8 Å². The lowest BCUT2D eigenvalue weighted by Crippen LogP contribution is -2.23. The van der Waals surface area contributed by atoms with Gasteiger partial charge in [0.2, 0.25) is 11.9 Å². The first kappa shape index (κ1) is 26.8. The van der Waals surface area contributed by atoms with E-state index in [1.165, 1.54) is 11.3 Å². The number of hydrogen-bond acceptors (Lipinski definition) is 6. The lowest BCUT2D eigenvalue weighted by atomic mass is 10.1. The van der Waals surface area contributed by atoms with Crippen LogP contribution in [0.2, 0.25) is 0 Å². The first-order valence-electron chi connectivity index (χ1n) is 12.9. The monoisotopic (exact) mass is 551 g/mol. The Bertz CT molecular complexity index is 1660. The smallest absolute Gasteiger partial charge is 0.268 e. The zero-order valence-electron chi connectivity index (χ0n) is 22.3. The van der Waals surface area contributed by atoms with Gasteiger partial charge in [-0.1, -0.05) is 60.7 Å². The second-order valence-electron chi connectivity index (χ2n) is 9.46. The van der Waals surface area contributed by atoms with Gasteiger partial charge in [0.25, 0.3) is 5.91 Å². The summed E-state index contributed by atoms with van der Waals surface area (Å²) in [6.45, 7) is 0.487. The van der Waals surface area contributed by atoms with Crippen LogP contribution in [-0.2, 0) is 11.3 Å². The van der Waals surface area contributed by atoms with Crippen molar-refractivity contribution in [2.24, 2.45) is 0 Å². The number of Topliss-reactive ketones (excluding diaryl/α,β-unsaturated/α-hetero) is 1. The average molecular weight is 552 g/mol. The first-order valence-corrected chi connectivity index (χ1v) is 13.7. The molecule has 0 aliphatic carbocycles. The number of fused-ring (bicyclic) bond motifs is 1. The number of nitrogens with one attached hydrogen (secondary N) is 2. The number of aromatic nitrogens is 2. The standard InChI is InChI=1S/C31H29N5O3S/c1-35(2)29(38)17-18-36-25-14-13-23(32-20-26(37)21-9-5-3-6-10-21)19-24(25)33-31(36)34-30(39)28-16-15-27(40-28)22-11-7-4-8-12-22/h3-16,19,32H,17-18,20H2,1-2H3,(H,33,34,39). The van der Waals surface area contributed by atoms with Gasteiger partial charge in [-0.3, -0.25) is 19.7 Å². The Kier molecular flexibility index (Phi) is 8.02. The van der Waals surface area contributed by atoms with Gasteiger partial charge in [0.1, 0.15) is 0 Å². The van der Waals surface area contributed by atoms with Crippen LogP contribution in [0, 0.1) is 0 Å². The summed E-state index contributed by atoms with van der Waals surface area (Å²) in [5, 5.41) is 6.12. The van der Waals surface area contributed by atoms with Gasteiger partial charge >= 0.3 is 0 Å². The number of anilines is 2. The summed E-state index contributed by atoms with van der Waals surface area (Å²) in [5.41, 5.74) is 3.83. The molecule has 0 bridgehead atoms. The fraction of sp³-hybridized carbons (Fsp3) is 0.161. The second-order valence-corrected chi connectivity index (χ2v) is 10.5. The first-order chi connectivity index (χ1) is 19.4. The van der Waals surface area contributed by atoms with Crippen LogP contribution in [0.5, 0.6) is 0 Å². The van der Waals surface area contributed by atoms with Crippen LogP contribution < -0.4 is 10.6 Å². The maximum absolute atomic E-state index is 13.2. The van der Waals surface area contributed by atoms with Crippen molar-refractivity contribution in [3.8, 4) is 10.4 Å². The highest BCUT2D eigenvalue weighted by Crippen LogP contribution is 2.29. The van der Waals surface area contributed by atoms with E-state index in [-0.39, 0.29) is 30.6 Å². The van der Waals surface area contributed by atoms with Crippen LogP contribution in [0.1, 0.15) is 26.5 Å². The highest BCUT2D eigenvalue weighted by Gasteiger charge is 2.18. The summed E-state index contributed by atoms with van der Waals surface area (Å²) >= 11 is 1.41. The molecule has 0 aliphatic heterocycles. The molecule has 0 saturated heterocycles. The molecule has 5 rings (SSSR count). The van der Waals surface area contributed by atoms with Crippen LogP contribution in [0.15, 0.2) is 91.0 Å². The molecular formula is C31H29N5O3S. The third kappa shape index (κ3) is 6.10. The highest BCUT2D eigenvalue weighted by molar-refractivity contribution is 7.17. The largest absolute Gasteiger partial charge is 0.378 e. The van der Waals surface area contributed by atoms with Gasteiger partial charge in [-0.2, -0.15) is 0 Å². The molecule has 0 radical (unpaired) electrons. The van der Waals surface area contributed by atoms with E-state index in [4.69, 9.17) is 4.98 Å². The lowest BCUT2D eigenvalue weighted by Gasteiger charge is -2.13. The summed E-state index contributed by atoms with van der Waals surface area (Å²) in [4.78, 5) is 45.9. The van der Waals surface area contributed by atoms with E-state index in [0.717, 1.165) is 21.6 Å². The van der Waals surface area contributed by atoms with E-state index < -0.39 is 0 Å². The molecule has 2 heterocycles. The Hall–Kier alpha value is -4.76. The summed E-state index contributed by atoms with van der Waals surface area (Å²) in [5.74, 6) is 0.0444. The Labute approximate surface area is 236 Å². The molecule has 0 unspecified atom stereocenters. The molecule has 2 amide bonds. The van der Waals surface area contributed by atoms with E-state index in [9.17, 15) is 14.4 Å². The van der Waals surface area contributed by atoms with Crippen molar-refractivity contribution < 1.29 is 14.4 Å². The molecule has 5 aromatic rings. The number of benzene rings is 3. The van der Waals surface area contributed by atoms with Crippen molar-refractivity contribution in [1.29, 1.82) is 0 Å². The Balaban J connectivity index is 1.38. The van der Waals surface area contributed by atoms with Gasteiger partial charge in [0, 0.05) is 43.2 Å². The molecule has 40 heavy (non-hydrogen) atoms. The molecule has 0 saturated carbocycles. The topological polar surface area (TPSA) is 96.3 Å². The summed E-state index contributed by atoms with van der Waals surface area (Å²) < 4.78 is 1.85. The summed E-state index contributed by atoms with van der Waals surface area (Å²) in [6, 6.07) is 28.3. The van der Waals surface area contributed by atoms with Crippen molar-refractivity contribution in [3.05, 3.63) is 101 Å². The minimum absolute atomic E-state index is 0.0211. The number of rotatable bonds is 10. The van der Waals surface area contributed by atoms with Crippen LogP contribution in [0.3, 0.4) is 0 Å². The highest BCUT2D eigenvalue weighted by atomic mass is 32.1. The number of imidazole rings is 1. The SMILES string of the molecule is CN(C)C(=O)CCn1c(NC(=O)c2ccc(-c3ccccc3)s2)nc2cc(NCC(=O)c3ccccc3)ccc21. The lowest BCUT2D eigenvalue weighted by molar-refractivity contribution is -0.128.